The van der Waals surface area contributed by atoms with Crippen molar-refractivity contribution < 1.29 is 27.1 Å². The fourth-order valence-electron chi connectivity index (χ4n) is 1.48. The summed E-state index contributed by atoms with van der Waals surface area (Å²) >= 11 is 0. The van der Waals surface area contributed by atoms with Gasteiger partial charge in [-0.15, -0.1) is 10.2 Å². The predicted octanol–water partition coefficient (Wildman–Crippen LogP) is 2.71. The highest BCUT2D eigenvalue weighted by Gasteiger charge is 2.24. The van der Waals surface area contributed by atoms with Crippen LogP contribution in [0, 0.1) is 24.4 Å². The number of hydrogen-bond acceptors (Lipinski definition) is 5. The van der Waals surface area contributed by atoms with Gasteiger partial charge in [-0.3, -0.25) is 0 Å². The summed E-state index contributed by atoms with van der Waals surface area (Å²) in [6, 6.07) is 0.780. The molecule has 0 aliphatic heterocycles. The first kappa shape index (κ1) is 14.0. The maximum Gasteiger partial charge on any atom is 0.344 e. The average molecular weight is 286 g/mol. The summed E-state index contributed by atoms with van der Waals surface area (Å²) in [5.74, 6) is -4.87. The van der Waals surface area contributed by atoms with Crippen molar-refractivity contribution in [3.8, 4) is 0 Å². The van der Waals surface area contributed by atoms with E-state index in [1.54, 1.807) is 0 Å². The quantitative estimate of drug-likeness (QED) is 0.812. The second-order valence-electron chi connectivity index (χ2n) is 3.95. The molecule has 0 radical (unpaired) electrons. The van der Waals surface area contributed by atoms with E-state index in [0.717, 1.165) is 0 Å². The van der Waals surface area contributed by atoms with Crippen molar-refractivity contribution in [3.63, 3.8) is 0 Å². The summed E-state index contributed by atoms with van der Waals surface area (Å²) in [7, 11) is 0. The molecule has 0 fully saturated rings. The van der Waals surface area contributed by atoms with Gasteiger partial charge in [0.25, 0.3) is 5.89 Å². The van der Waals surface area contributed by atoms with E-state index in [9.17, 15) is 18.0 Å². The van der Waals surface area contributed by atoms with Crippen molar-refractivity contribution in [2.75, 3.05) is 0 Å². The zero-order valence-corrected chi connectivity index (χ0v) is 10.5. The van der Waals surface area contributed by atoms with Gasteiger partial charge in [-0.05, 0) is 6.92 Å². The molecule has 0 N–H and O–H groups in total. The Morgan fingerprint density at radius 2 is 1.85 bits per heavy atom. The second kappa shape index (κ2) is 5.32. The lowest BCUT2D eigenvalue weighted by Gasteiger charge is -2.10. The van der Waals surface area contributed by atoms with Crippen LogP contribution in [0.15, 0.2) is 16.5 Å². The highest BCUT2D eigenvalue weighted by Crippen LogP contribution is 2.21. The molecule has 0 saturated heterocycles. The van der Waals surface area contributed by atoms with Gasteiger partial charge in [0.05, 0.1) is 0 Å². The van der Waals surface area contributed by atoms with Gasteiger partial charge in [0.1, 0.15) is 23.0 Å². The number of carbonyl (C=O) groups excluding carboxylic acids is 1. The summed E-state index contributed by atoms with van der Waals surface area (Å²) in [6.45, 7) is 2.93. The molecule has 1 aromatic carbocycles. The van der Waals surface area contributed by atoms with Crippen molar-refractivity contribution in [2.45, 2.75) is 20.0 Å². The van der Waals surface area contributed by atoms with E-state index in [1.165, 1.54) is 13.8 Å². The standard InChI is InChI=1S/C12H9F3N2O3/c1-5(11-17-16-6(2)20-11)19-12(18)10-8(14)3-7(13)4-9(10)15/h3-5H,1-2H3. The summed E-state index contributed by atoms with van der Waals surface area (Å²) in [6.07, 6.45) is -0.993. The topological polar surface area (TPSA) is 65.2 Å². The number of esters is 1. The molecule has 5 nitrogen and oxygen atoms in total. The molecular weight excluding hydrogens is 277 g/mol. The lowest BCUT2D eigenvalue weighted by molar-refractivity contribution is 0.0266. The molecule has 1 heterocycles. The molecule has 1 atom stereocenters. The third kappa shape index (κ3) is 2.79. The lowest BCUT2D eigenvalue weighted by atomic mass is 10.2. The number of rotatable bonds is 3. The van der Waals surface area contributed by atoms with Gasteiger partial charge in [-0.2, -0.15) is 0 Å². The Labute approximate surface area is 111 Å². The molecule has 106 valence electrons. The largest absolute Gasteiger partial charge is 0.449 e. The maximum absolute atomic E-state index is 13.4. The van der Waals surface area contributed by atoms with Crippen LogP contribution in [-0.2, 0) is 4.74 Å². The lowest BCUT2D eigenvalue weighted by Crippen LogP contribution is -2.13. The van der Waals surface area contributed by atoms with E-state index < -0.39 is 35.1 Å². The van der Waals surface area contributed by atoms with E-state index >= 15 is 0 Å². The summed E-state index contributed by atoms with van der Waals surface area (Å²) in [5.41, 5.74) is -0.977. The van der Waals surface area contributed by atoms with Crippen molar-refractivity contribution in [2.24, 2.45) is 0 Å². The Hall–Kier alpha value is -2.38. The van der Waals surface area contributed by atoms with Crippen LogP contribution in [0.4, 0.5) is 13.2 Å². The van der Waals surface area contributed by atoms with Crippen LogP contribution in [0.5, 0.6) is 0 Å². The Morgan fingerprint density at radius 1 is 1.25 bits per heavy atom. The number of nitrogens with zero attached hydrogens (tertiary/aromatic N) is 2. The van der Waals surface area contributed by atoms with Crippen molar-refractivity contribution in [1.82, 2.24) is 10.2 Å². The Bertz CT molecular complexity index is 634. The van der Waals surface area contributed by atoms with E-state index in [4.69, 9.17) is 9.15 Å². The summed E-state index contributed by atoms with van der Waals surface area (Å²) < 4.78 is 49.3. The number of hydrogen-bond donors (Lipinski definition) is 0. The SMILES string of the molecule is Cc1nnc(C(C)OC(=O)c2c(F)cc(F)cc2F)o1. The smallest absolute Gasteiger partial charge is 0.344 e. The molecule has 0 spiro atoms. The number of carbonyl (C=O) groups is 1. The van der Waals surface area contributed by atoms with Crippen molar-refractivity contribution in [1.29, 1.82) is 0 Å². The number of aryl methyl sites for hydroxylation is 1. The van der Waals surface area contributed by atoms with Crippen molar-refractivity contribution >= 4 is 5.97 Å². The molecule has 1 aromatic heterocycles. The normalized spacial score (nSPS) is 12.2. The molecule has 8 heteroatoms. The minimum Gasteiger partial charge on any atom is -0.449 e. The Morgan fingerprint density at radius 3 is 2.35 bits per heavy atom. The van der Waals surface area contributed by atoms with E-state index in [0.29, 0.717) is 12.1 Å². The van der Waals surface area contributed by atoms with Gasteiger partial charge in [0.2, 0.25) is 5.89 Å². The van der Waals surface area contributed by atoms with Crippen LogP contribution >= 0.6 is 0 Å². The van der Waals surface area contributed by atoms with E-state index in [-0.39, 0.29) is 11.8 Å². The Kier molecular flexibility index (Phi) is 3.73. The fourth-order valence-corrected chi connectivity index (χ4v) is 1.48. The second-order valence-corrected chi connectivity index (χ2v) is 3.95. The van der Waals surface area contributed by atoms with Crippen LogP contribution < -0.4 is 0 Å². The van der Waals surface area contributed by atoms with E-state index in [1.807, 2.05) is 0 Å². The van der Waals surface area contributed by atoms with Crippen LogP contribution in [0.3, 0.4) is 0 Å². The van der Waals surface area contributed by atoms with Gasteiger partial charge < -0.3 is 9.15 Å². The molecule has 1 unspecified atom stereocenters. The summed E-state index contributed by atoms with van der Waals surface area (Å²) in [4.78, 5) is 11.7. The molecule has 0 bridgehead atoms. The Balaban J connectivity index is 2.20. The predicted molar refractivity (Wildman–Crippen MR) is 59.2 cm³/mol. The fraction of sp³-hybridized carbons (Fsp3) is 0.250. The van der Waals surface area contributed by atoms with Crippen LogP contribution in [-0.4, -0.2) is 16.2 Å². The number of benzene rings is 1. The number of halogens is 3. The van der Waals surface area contributed by atoms with Gasteiger partial charge in [-0.25, -0.2) is 18.0 Å². The van der Waals surface area contributed by atoms with Crippen LogP contribution in [0.1, 0.15) is 35.2 Å². The third-order valence-corrected chi connectivity index (χ3v) is 2.38. The first-order valence-electron chi connectivity index (χ1n) is 5.54. The minimum atomic E-state index is -1.35. The number of aromatic nitrogens is 2. The van der Waals surface area contributed by atoms with E-state index in [2.05, 4.69) is 10.2 Å². The minimum absolute atomic E-state index is 0.0150. The van der Waals surface area contributed by atoms with Crippen molar-refractivity contribution in [3.05, 3.63) is 46.9 Å². The molecule has 20 heavy (non-hydrogen) atoms. The number of ether oxygens (including phenoxy) is 1. The molecule has 0 aliphatic rings. The highest BCUT2D eigenvalue weighted by atomic mass is 19.1. The molecule has 2 rings (SSSR count). The van der Waals surface area contributed by atoms with Crippen LogP contribution in [0.2, 0.25) is 0 Å². The molecule has 0 aliphatic carbocycles. The third-order valence-electron chi connectivity index (χ3n) is 2.38. The molecular formula is C12H9F3N2O3. The zero-order chi connectivity index (χ0) is 14.9. The molecule has 0 saturated carbocycles. The maximum atomic E-state index is 13.4. The van der Waals surface area contributed by atoms with Crippen LogP contribution in [0.25, 0.3) is 0 Å². The van der Waals surface area contributed by atoms with Gasteiger partial charge in [0, 0.05) is 19.1 Å². The monoisotopic (exact) mass is 286 g/mol. The van der Waals surface area contributed by atoms with Gasteiger partial charge in [-0.1, -0.05) is 0 Å². The van der Waals surface area contributed by atoms with Gasteiger partial charge >= 0.3 is 5.97 Å². The van der Waals surface area contributed by atoms with Gasteiger partial charge in [0.15, 0.2) is 6.10 Å². The first-order valence-corrected chi connectivity index (χ1v) is 5.54. The molecule has 0 amide bonds. The zero-order valence-electron chi connectivity index (χ0n) is 10.5. The first-order chi connectivity index (χ1) is 9.38. The summed E-state index contributed by atoms with van der Waals surface area (Å²) in [5, 5.41) is 7.14. The highest BCUT2D eigenvalue weighted by molar-refractivity contribution is 5.90. The molecule has 2 aromatic rings. The average Bonchev–Trinajstić information content (AvgIpc) is 2.74.